The maximum Gasteiger partial charge on any atom is 0.263 e. The summed E-state index contributed by atoms with van der Waals surface area (Å²) >= 11 is 0. The highest BCUT2D eigenvalue weighted by Crippen LogP contribution is 2.26. The average molecular weight is 542 g/mol. The average Bonchev–Trinajstić information content (AvgIpc) is 2.96. The van der Waals surface area contributed by atoms with Gasteiger partial charge in [0.15, 0.2) is 0 Å². The van der Waals surface area contributed by atoms with Crippen LogP contribution < -0.4 is 22.3 Å². The lowest BCUT2D eigenvalue weighted by Gasteiger charge is -2.19. The number of hydrogen-bond donors (Lipinski definition) is 4. The van der Waals surface area contributed by atoms with E-state index in [1.54, 1.807) is 22.8 Å². The summed E-state index contributed by atoms with van der Waals surface area (Å²) in [5, 5.41) is 14.5. The summed E-state index contributed by atoms with van der Waals surface area (Å²) in [6.07, 6.45) is 2.75. The molecule has 3 aromatic heterocycles. The molecule has 0 amide bonds. The quantitative estimate of drug-likeness (QED) is 0.224. The predicted molar refractivity (Wildman–Crippen MR) is 163 cm³/mol. The van der Waals surface area contributed by atoms with Crippen LogP contribution in [0.2, 0.25) is 0 Å². The van der Waals surface area contributed by atoms with E-state index in [1.165, 1.54) is 12.7 Å². The van der Waals surface area contributed by atoms with Gasteiger partial charge >= 0.3 is 0 Å². The molecule has 0 atom stereocenters. The van der Waals surface area contributed by atoms with E-state index in [-0.39, 0.29) is 23.6 Å². The number of para-hydroxylation sites is 1. The third-order valence-electron chi connectivity index (χ3n) is 7.21. The maximum atomic E-state index is 13.9. The minimum atomic E-state index is -0.0992. The minimum Gasteiger partial charge on any atom is -0.383 e. The van der Waals surface area contributed by atoms with E-state index in [2.05, 4.69) is 25.3 Å². The number of pyridine rings is 1. The van der Waals surface area contributed by atoms with Crippen molar-refractivity contribution in [2.24, 2.45) is 0 Å². The topological polar surface area (TPSA) is 161 Å². The Morgan fingerprint density at radius 1 is 0.878 bits per heavy atom. The summed E-state index contributed by atoms with van der Waals surface area (Å²) < 4.78 is 1.74. The zero-order valence-corrected chi connectivity index (χ0v) is 22.5. The fourth-order valence-corrected chi connectivity index (χ4v) is 5.13. The van der Waals surface area contributed by atoms with Crippen molar-refractivity contribution >= 4 is 44.8 Å². The highest BCUT2D eigenvalue weighted by atomic mass is 16.1. The number of anilines is 3. The smallest absolute Gasteiger partial charge is 0.263 e. The predicted octanol–water partition coefficient (Wildman–Crippen LogP) is 4.53. The number of aryl methyl sites for hydroxylation is 2. The van der Waals surface area contributed by atoms with Crippen LogP contribution in [0.15, 0.2) is 84.2 Å². The first-order valence-corrected chi connectivity index (χ1v) is 13.0. The van der Waals surface area contributed by atoms with E-state index in [9.17, 15) is 4.79 Å². The molecule has 202 valence electrons. The Morgan fingerprint density at radius 2 is 1.63 bits per heavy atom. The van der Waals surface area contributed by atoms with Crippen molar-refractivity contribution in [3.63, 3.8) is 0 Å². The molecule has 10 heteroatoms. The molecule has 0 unspecified atom stereocenters. The number of nitrogens with zero attached hydrogens (tertiary/aromatic N) is 5. The number of nitrogens with one attached hydrogen (secondary N) is 2. The molecule has 0 radical (unpaired) electrons. The van der Waals surface area contributed by atoms with Gasteiger partial charge in [-0.15, -0.1) is 0 Å². The summed E-state index contributed by atoms with van der Waals surface area (Å²) in [4.78, 5) is 30.8. The van der Waals surface area contributed by atoms with Crippen LogP contribution in [0, 0.1) is 19.3 Å². The summed E-state index contributed by atoms with van der Waals surface area (Å²) in [6, 6.07) is 20.9. The van der Waals surface area contributed by atoms with Crippen LogP contribution in [0.25, 0.3) is 27.4 Å². The van der Waals surface area contributed by atoms with Gasteiger partial charge in [-0.05, 0) is 54.6 Å². The molecule has 10 nitrogen and oxygen atoms in total. The van der Waals surface area contributed by atoms with Gasteiger partial charge in [-0.3, -0.25) is 14.8 Å². The lowest BCUT2D eigenvalue weighted by atomic mass is 10.0. The zero-order chi connectivity index (χ0) is 28.7. The van der Waals surface area contributed by atoms with Crippen LogP contribution in [-0.4, -0.2) is 30.2 Å². The molecule has 0 saturated heterocycles. The number of aromatic nitrogens is 5. The van der Waals surface area contributed by atoms with Crippen molar-refractivity contribution in [3.05, 3.63) is 118 Å². The molecule has 0 fully saturated rings. The summed E-state index contributed by atoms with van der Waals surface area (Å²) in [6.45, 7) is 4.16. The van der Waals surface area contributed by atoms with Crippen LogP contribution in [0.3, 0.4) is 0 Å². The van der Waals surface area contributed by atoms with E-state index >= 15 is 0 Å². The lowest BCUT2D eigenvalue weighted by Crippen LogP contribution is -2.25. The Morgan fingerprint density at radius 3 is 2.46 bits per heavy atom. The second-order valence-corrected chi connectivity index (χ2v) is 9.80. The van der Waals surface area contributed by atoms with Crippen molar-refractivity contribution in [1.82, 2.24) is 24.5 Å². The van der Waals surface area contributed by atoms with Crippen molar-refractivity contribution in [1.29, 1.82) is 5.41 Å². The number of hydrogen-bond acceptors (Lipinski definition) is 9. The van der Waals surface area contributed by atoms with Crippen molar-refractivity contribution in [2.75, 3.05) is 16.8 Å². The second kappa shape index (κ2) is 10.2. The fourth-order valence-electron chi connectivity index (χ4n) is 5.13. The minimum absolute atomic E-state index is 0.0992. The van der Waals surface area contributed by atoms with Crippen LogP contribution in [0.4, 0.5) is 17.5 Å². The van der Waals surface area contributed by atoms with Gasteiger partial charge in [0.2, 0.25) is 0 Å². The standard InChI is InChI=1S/C31H27N9O/c1-17-6-3-4-9-24(17)40-21(12-19-8-5-7-18(2)25(19)31(40)41)14-35-30-26(29(34)38-16-39-30)27(32)20-10-11-23-22(13-20)28(33)37-15-36-23/h3-13,15-16,32H,14H2,1-2H3,(H2,33,36,37)(H3,34,35,38,39). The molecule has 0 aliphatic rings. The van der Waals surface area contributed by atoms with Gasteiger partial charge in [-0.2, -0.15) is 0 Å². The highest BCUT2D eigenvalue weighted by molar-refractivity contribution is 6.17. The second-order valence-electron chi connectivity index (χ2n) is 9.80. The molecule has 0 aliphatic heterocycles. The van der Waals surface area contributed by atoms with Crippen LogP contribution in [0.5, 0.6) is 0 Å². The summed E-state index contributed by atoms with van der Waals surface area (Å²) in [5.41, 5.74) is 17.3. The summed E-state index contributed by atoms with van der Waals surface area (Å²) in [5.74, 6) is 0.837. The Hall–Kier alpha value is -5.64. The first-order valence-electron chi connectivity index (χ1n) is 13.0. The number of fused-ring (bicyclic) bond motifs is 2. The third-order valence-corrected chi connectivity index (χ3v) is 7.21. The molecular weight excluding hydrogens is 514 g/mol. The molecule has 0 bridgehead atoms. The van der Waals surface area contributed by atoms with Crippen LogP contribution in [-0.2, 0) is 6.54 Å². The van der Waals surface area contributed by atoms with E-state index < -0.39 is 0 Å². The molecule has 0 saturated carbocycles. The van der Waals surface area contributed by atoms with Gasteiger partial charge in [0.1, 0.15) is 30.1 Å². The van der Waals surface area contributed by atoms with E-state index in [4.69, 9.17) is 16.9 Å². The molecular formula is C31H27N9O. The molecule has 3 aromatic carbocycles. The number of rotatable bonds is 6. The molecule has 6 rings (SSSR count). The zero-order valence-electron chi connectivity index (χ0n) is 22.5. The van der Waals surface area contributed by atoms with Crippen molar-refractivity contribution < 1.29 is 0 Å². The van der Waals surface area contributed by atoms with Crippen LogP contribution in [0.1, 0.15) is 27.9 Å². The summed E-state index contributed by atoms with van der Waals surface area (Å²) in [7, 11) is 0. The SMILES string of the molecule is Cc1ccccc1-n1c(CNc2ncnc(N)c2C(=N)c2ccc3ncnc(N)c3c2)cc2cccc(C)c2c1=O. The maximum absolute atomic E-state index is 13.9. The van der Waals surface area contributed by atoms with E-state index in [1.807, 2.05) is 62.4 Å². The monoisotopic (exact) mass is 541 g/mol. The molecule has 3 heterocycles. The van der Waals surface area contributed by atoms with Gasteiger partial charge in [-0.1, -0.05) is 42.5 Å². The molecule has 6 N–H and O–H groups in total. The van der Waals surface area contributed by atoms with Gasteiger partial charge in [0.25, 0.3) is 5.56 Å². The lowest BCUT2D eigenvalue weighted by molar-refractivity contribution is 0.883. The van der Waals surface area contributed by atoms with E-state index in [0.717, 1.165) is 27.9 Å². The Bertz CT molecular complexity index is 2050. The number of benzene rings is 3. The first-order chi connectivity index (χ1) is 19.8. The molecule has 41 heavy (non-hydrogen) atoms. The highest BCUT2D eigenvalue weighted by Gasteiger charge is 2.19. The number of nitrogen functional groups attached to an aromatic ring is 2. The van der Waals surface area contributed by atoms with Gasteiger partial charge < -0.3 is 16.8 Å². The Labute approximate surface area is 235 Å². The molecule has 0 spiro atoms. The van der Waals surface area contributed by atoms with Gasteiger partial charge in [0.05, 0.1) is 34.4 Å². The van der Waals surface area contributed by atoms with E-state index in [0.29, 0.717) is 39.1 Å². The normalized spacial score (nSPS) is 11.2. The molecule has 6 aromatic rings. The first kappa shape index (κ1) is 25.6. The Kier molecular flexibility index (Phi) is 6.35. The number of nitrogens with two attached hydrogens (primary N) is 2. The van der Waals surface area contributed by atoms with Gasteiger partial charge in [-0.25, -0.2) is 19.9 Å². The molecule has 0 aliphatic carbocycles. The van der Waals surface area contributed by atoms with Crippen molar-refractivity contribution in [3.8, 4) is 5.69 Å². The third kappa shape index (κ3) is 4.51. The van der Waals surface area contributed by atoms with Crippen LogP contribution >= 0.6 is 0 Å². The van der Waals surface area contributed by atoms with Gasteiger partial charge in [0, 0.05) is 16.6 Å². The fraction of sp³-hybridized carbons (Fsp3) is 0.0968. The van der Waals surface area contributed by atoms with Crippen molar-refractivity contribution in [2.45, 2.75) is 20.4 Å². The Balaban J connectivity index is 1.44. The largest absolute Gasteiger partial charge is 0.383 e.